The SMILES string of the molecule is O=C(N=C1NCCCN1)c1ccc(Nc2ccc(F)c(NCCCC3CCCCC3)c2)c(C(F)(F)F)c1. The van der Waals surface area contributed by atoms with Gasteiger partial charge in [0.25, 0.3) is 5.91 Å². The highest BCUT2D eigenvalue weighted by atomic mass is 19.4. The van der Waals surface area contributed by atoms with Crippen molar-refractivity contribution < 1.29 is 22.4 Å². The molecule has 0 aromatic heterocycles. The van der Waals surface area contributed by atoms with Crippen LogP contribution in [0, 0.1) is 11.7 Å². The van der Waals surface area contributed by atoms with Gasteiger partial charge in [-0.15, -0.1) is 0 Å². The third-order valence-corrected chi connectivity index (χ3v) is 6.80. The van der Waals surface area contributed by atoms with Gasteiger partial charge in [0, 0.05) is 30.9 Å². The van der Waals surface area contributed by atoms with Gasteiger partial charge in [0.05, 0.1) is 16.9 Å². The first kappa shape index (κ1) is 26.8. The molecule has 200 valence electrons. The van der Waals surface area contributed by atoms with E-state index in [4.69, 9.17) is 0 Å². The summed E-state index contributed by atoms with van der Waals surface area (Å²) in [5.74, 6) is -0.276. The van der Waals surface area contributed by atoms with Gasteiger partial charge in [0.1, 0.15) is 5.82 Å². The lowest BCUT2D eigenvalue weighted by Crippen LogP contribution is -2.44. The van der Waals surface area contributed by atoms with Crippen LogP contribution in [0.5, 0.6) is 0 Å². The molecule has 1 saturated carbocycles. The molecule has 1 aliphatic heterocycles. The number of hydrogen-bond acceptors (Lipinski definition) is 3. The molecule has 0 radical (unpaired) electrons. The summed E-state index contributed by atoms with van der Waals surface area (Å²) in [6.45, 7) is 1.85. The van der Waals surface area contributed by atoms with E-state index >= 15 is 0 Å². The molecule has 0 atom stereocenters. The van der Waals surface area contributed by atoms with Gasteiger partial charge in [0.2, 0.25) is 0 Å². The lowest BCUT2D eigenvalue weighted by molar-refractivity contribution is -0.136. The summed E-state index contributed by atoms with van der Waals surface area (Å²) in [7, 11) is 0. The molecule has 6 nitrogen and oxygen atoms in total. The van der Waals surface area contributed by atoms with Crippen LogP contribution in [0.2, 0.25) is 0 Å². The number of halogens is 4. The summed E-state index contributed by atoms with van der Waals surface area (Å²) >= 11 is 0. The van der Waals surface area contributed by atoms with E-state index in [9.17, 15) is 22.4 Å². The second-order valence-electron chi connectivity index (χ2n) is 9.62. The van der Waals surface area contributed by atoms with Gasteiger partial charge in [0.15, 0.2) is 5.96 Å². The van der Waals surface area contributed by atoms with Gasteiger partial charge in [-0.05, 0) is 61.6 Å². The molecule has 0 bridgehead atoms. The smallest absolute Gasteiger partial charge is 0.383 e. The summed E-state index contributed by atoms with van der Waals surface area (Å²) in [4.78, 5) is 16.3. The third-order valence-electron chi connectivity index (χ3n) is 6.80. The first-order valence-corrected chi connectivity index (χ1v) is 12.9. The first-order chi connectivity index (χ1) is 17.8. The van der Waals surface area contributed by atoms with Crippen molar-refractivity contribution in [3.8, 4) is 0 Å². The third kappa shape index (κ3) is 7.60. The van der Waals surface area contributed by atoms with Gasteiger partial charge in [-0.25, -0.2) is 4.39 Å². The predicted molar refractivity (Wildman–Crippen MR) is 138 cm³/mol. The van der Waals surface area contributed by atoms with Crippen molar-refractivity contribution in [3.63, 3.8) is 0 Å². The fraction of sp³-hybridized carbons (Fsp3) is 0.481. The molecule has 0 unspecified atom stereocenters. The normalized spacial score (nSPS) is 16.5. The molecular weight excluding hydrogens is 486 g/mol. The molecule has 4 rings (SSSR count). The number of nitrogens with zero attached hydrogens (tertiary/aromatic N) is 1. The monoisotopic (exact) mass is 519 g/mol. The largest absolute Gasteiger partial charge is 0.418 e. The Labute approximate surface area is 214 Å². The van der Waals surface area contributed by atoms with Crippen molar-refractivity contribution in [3.05, 3.63) is 53.3 Å². The minimum atomic E-state index is -4.71. The number of nitrogens with one attached hydrogen (secondary N) is 4. The second kappa shape index (κ2) is 12.3. The standard InChI is InChI=1S/C27H33F4N5O/c28-22-11-10-20(17-24(22)32-13-4-8-18-6-2-1-3-7-18)35-23-12-9-19(16-21(23)27(29,30)31)25(37)36-26-33-14-5-15-34-26/h9-12,16-18,32,35H,1-8,13-15H2,(H2,33,34,36,37). The van der Waals surface area contributed by atoms with Crippen LogP contribution in [0.4, 0.5) is 34.6 Å². The van der Waals surface area contributed by atoms with E-state index in [1.54, 1.807) is 0 Å². The first-order valence-electron chi connectivity index (χ1n) is 12.9. The van der Waals surface area contributed by atoms with Gasteiger partial charge < -0.3 is 21.3 Å². The number of benzene rings is 2. The van der Waals surface area contributed by atoms with Gasteiger partial charge in [-0.1, -0.05) is 32.1 Å². The summed E-state index contributed by atoms with van der Waals surface area (Å²) in [5, 5.41) is 11.6. The summed E-state index contributed by atoms with van der Waals surface area (Å²) < 4.78 is 56.0. The van der Waals surface area contributed by atoms with E-state index in [1.165, 1.54) is 62.4 Å². The maximum absolute atomic E-state index is 14.4. The number of rotatable bonds is 8. The van der Waals surface area contributed by atoms with Crippen molar-refractivity contribution in [1.82, 2.24) is 10.6 Å². The molecule has 2 aromatic rings. The molecule has 1 saturated heterocycles. The van der Waals surface area contributed by atoms with Crippen LogP contribution in [-0.4, -0.2) is 31.5 Å². The molecule has 1 aliphatic carbocycles. The highest BCUT2D eigenvalue weighted by Crippen LogP contribution is 2.37. The van der Waals surface area contributed by atoms with Crippen molar-refractivity contribution in [2.45, 2.75) is 57.5 Å². The van der Waals surface area contributed by atoms with Gasteiger partial charge in [-0.3, -0.25) is 4.79 Å². The fourth-order valence-electron chi connectivity index (χ4n) is 4.81. The fourth-order valence-corrected chi connectivity index (χ4v) is 4.81. The molecule has 2 aromatic carbocycles. The molecule has 0 spiro atoms. The Morgan fingerprint density at radius 2 is 1.73 bits per heavy atom. The van der Waals surface area contributed by atoms with E-state index in [2.05, 4.69) is 26.3 Å². The number of carbonyl (C=O) groups excluding carboxylic acids is 1. The number of hydrogen-bond donors (Lipinski definition) is 4. The van der Waals surface area contributed by atoms with Crippen LogP contribution in [-0.2, 0) is 6.18 Å². The van der Waals surface area contributed by atoms with Crippen LogP contribution >= 0.6 is 0 Å². The Bertz CT molecular complexity index is 1100. The van der Waals surface area contributed by atoms with E-state index in [-0.39, 0.29) is 22.9 Å². The molecule has 4 N–H and O–H groups in total. The highest BCUT2D eigenvalue weighted by molar-refractivity contribution is 6.03. The number of amides is 1. The van der Waals surface area contributed by atoms with Gasteiger partial charge in [-0.2, -0.15) is 18.2 Å². The zero-order chi connectivity index (χ0) is 26.3. The van der Waals surface area contributed by atoms with Crippen molar-refractivity contribution in [2.75, 3.05) is 30.3 Å². The Balaban J connectivity index is 1.44. The number of alkyl halides is 3. The predicted octanol–water partition coefficient (Wildman–Crippen LogP) is 6.44. The Hall–Kier alpha value is -3.30. The summed E-state index contributed by atoms with van der Waals surface area (Å²) in [5.41, 5.74) is -0.886. The maximum Gasteiger partial charge on any atom is 0.418 e. The quantitative estimate of drug-likeness (QED) is 0.239. The topological polar surface area (TPSA) is 77.5 Å². The molecular formula is C27H33F4N5O. The molecule has 2 fully saturated rings. The molecule has 10 heteroatoms. The highest BCUT2D eigenvalue weighted by Gasteiger charge is 2.34. The minimum Gasteiger partial charge on any atom is -0.383 e. The Morgan fingerprint density at radius 3 is 2.46 bits per heavy atom. The minimum absolute atomic E-state index is 0.182. The second-order valence-corrected chi connectivity index (χ2v) is 9.62. The molecule has 37 heavy (non-hydrogen) atoms. The summed E-state index contributed by atoms with van der Waals surface area (Å²) in [6.07, 6.45) is 4.49. The van der Waals surface area contributed by atoms with Crippen molar-refractivity contribution >= 4 is 28.9 Å². The number of guanidine groups is 1. The number of carbonyl (C=O) groups is 1. The Kier molecular flexibility index (Phi) is 8.89. The average Bonchev–Trinajstić information content (AvgIpc) is 2.89. The van der Waals surface area contributed by atoms with E-state index in [1.807, 2.05) is 0 Å². The molecule has 1 amide bonds. The lowest BCUT2D eigenvalue weighted by Gasteiger charge is -2.21. The molecule has 2 aliphatic rings. The van der Waals surface area contributed by atoms with Crippen LogP contribution in [0.15, 0.2) is 41.4 Å². The summed E-state index contributed by atoms with van der Waals surface area (Å²) in [6, 6.07) is 7.33. The number of anilines is 3. The van der Waals surface area contributed by atoms with Crippen LogP contribution in [0.3, 0.4) is 0 Å². The van der Waals surface area contributed by atoms with Crippen LogP contribution < -0.4 is 21.3 Å². The van der Waals surface area contributed by atoms with Crippen molar-refractivity contribution in [1.29, 1.82) is 0 Å². The van der Waals surface area contributed by atoms with E-state index in [0.717, 1.165) is 31.2 Å². The maximum atomic E-state index is 14.4. The molecule has 1 heterocycles. The van der Waals surface area contributed by atoms with E-state index < -0.39 is 23.5 Å². The van der Waals surface area contributed by atoms with Crippen LogP contribution in [0.1, 0.15) is 67.3 Å². The van der Waals surface area contributed by atoms with Crippen LogP contribution in [0.25, 0.3) is 0 Å². The Morgan fingerprint density at radius 1 is 0.973 bits per heavy atom. The van der Waals surface area contributed by atoms with Gasteiger partial charge >= 0.3 is 6.18 Å². The zero-order valence-electron chi connectivity index (χ0n) is 20.7. The number of aliphatic imine (C=N–C) groups is 1. The lowest BCUT2D eigenvalue weighted by atomic mass is 9.86. The zero-order valence-corrected chi connectivity index (χ0v) is 20.7. The van der Waals surface area contributed by atoms with Crippen molar-refractivity contribution in [2.24, 2.45) is 10.9 Å². The average molecular weight is 520 g/mol. The van der Waals surface area contributed by atoms with E-state index in [0.29, 0.717) is 25.3 Å².